The average molecular weight is 425 g/mol. The van der Waals surface area contributed by atoms with Gasteiger partial charge in [-0.3, -0.25) is 0 Å². The molecule has 0 N–H and O–H groups in total. The molecule has 0 saturated carbocycles. The Morgan fingerprint density at radius 3 is 1.73 bits per heavy atom. The number of aromatic nitrogens is 2. The highest BCUT2D eigenvalue weighted by molar-refractivity contribution is 6.09. The number of nitrogens with zero attached hydrogens (tertiary/aromatic N) is 2. The highest BCUT2D eigenvalue weighted by atomic mass is 15.0. The van der Waals surface area contributed by atoms with Crippen LogP contribution in [-0.2, 0) is 6.54 Å². The molecular formula is C31H24N2. The van der Waals surface area contributed by atoms with Crippen molar-refractivity contribution >= 4 is 21.8 Å². The van der Waals surface area contributed by atoms with Crippen LogP contribution in [0.2, 0.25) is 0 Å². The predicted molar refractivity (Wildman–Crippen MR) is 139 cm³/mol. The summed E-state index contributed by atoms with van der Waals surface area (Å²) in [6.45, 7) is 3.16. The lowest BCUT2D eigenvalue weighted by Gasteiger charge is -2.11. The predicted octanol–water partition coefficient (Wildman–Crippen LogP) is 8.21. The third kappa shape index (κ3) is 3.41. The van der Waals surface area contributed by atoms with Gasteiger partial charge in [0, 0.05) is 39.5 Å². The van der Waals surface area contributed by atoms with Gasteiger partial charge >= 0.3 is 0 Å². The largest absolute Gasteiger partial charge is 0.341 e. The van der Waals surface area contributed by atoms with Crippen molar-refractivity contribution in [2.45, 2.75) is 13.5 Å². The lowest BCUT2D eigenvalue weighted by atomic mass is 9.98. The van der Waals surface area contributed by atoms with Crippen molar-refractivity contribution in [2.75, 3.05) is 0 Å². The molecule has 0 saturated heterocycles. The van der Waals surface area contributed by atoms with Crippen LogP contribution in [0.4, 0.5) is 0 Å². The van der Waals surface area contributed by atoms with E-state index in [-0.39, 0.29) is 0 Å². The van der Waals surface area contributed by atoms with Crippen LogP contribution < -0.4 is 0 Å². The number of aryl methyl sites for hydroxylation is 1. The SMILES string of the molecule is CCn1c2ccccc2c2cc(-c3cc(-c4ccccc4)nc(-c4ccccc4)c3)ccc21. The second-order valence-corrected chi connectivity index (χ2v) is 8.35. The van der Waals surface area contributed by atoms with Gasteiger partial charge in [0.25, 0.3) is 0 Å². The third-order valence-corrected chi connectivity index (χ3v) is 6.39. The van der Waals surface area contributed by atoms with Gasteiger partial charge in [-0.1, -0.05) is 84.9 Å². The Kier molecular flexibility index (Phi) is 4.77. The maximum Gasteiger partial charge on any atom is 0.0715 e. The van der Waals surface area contributed by atoms with E-state index in [4.69, 9.17) is 4.98 Å². The highest BCUT2D eigenvalue weighted by Crippen LogP contribution is 2.35. The van der Waals surface area contributed by atoms with Crippen LogP contribution in [-0.4, -0.2) is 9.55 Å². The first kappa shape index (κ1) is 19.5. The minimum atomic E-state index is 0.953. The van der Waals surface area contributed by atoms with E-state index in [0.29, 0.717) is 0 Å². The van der Waals surface area contributed by atoms with Crippen molar-refractivity contribution < 1.29 is 0 Å². The van der Waals surface area contributed by atoms with Gasteiger partial charge in [0.05, 0.1) is 11.4 Å². The lowest BCUT2D eigenvalue weighted by Crippen LogP contribution is -1.93. The molecule has 0 amide bonds. The van der Waals surface area contributed by atoms with Crippen molar-refractivity contribution in [3.05, 3.63) is 115 Å². The Bertz CT molecular complexity index is 1520. The molecule has 2 aromatic heterocycles. The van der Waals surface area contributed by atoms with Crippen LogP contribution in [0.1, 0.15) is 6.92 Å². The molecule has 2 heterocycles. The molecule has 0 spiro atoms. The second-order valence-electron chi connectivity index (χ2n) is 8.35. The van der Waals surface area contributed by atoms with Crippen molar-refractivity contribution in [1.82, 2.24) is 9.55 Å². The van der Waals surface area contributed by atoms with Gasteiger partial charge < -0.3 is 4.57 Å². The number of hydrogen-bond acceptors (Lipinski definition) is 1. The van der Waals surface area contributed by atoms with Gasteiger partial charge in [-0.2, -0.15) is 0 Å². The molecule has 0 aliphatic rings. The van der Waals surface area contributed by atoms with Crippen LogP contribution in [0, 0.1) is 0 Å². The van der Waals surface area contributed by atoms with Crippen molar-refractivity contribution in [3.63, 3.8) is 0 Å². The molecule has 4 aromatic carbocycles. The summed E-state index contributed by atoms with van der Waals surface area (Å²) < 4.78 is 2.39. The van der Waals surface area contributed by atoms with E-state index in [0.717, 1.165) is 29.1 Å². The Morgan fingerprint density at radius 2 is 1.09 bits per heavy atom. The van der Waals surface area contributed by atoms with Crippen LogP contribution in [0.25, 0.3) is 55.4 Å². The van der Waals surface area contributed by atoms with Gasteiger partial charge in [-0.05, 0) is 48.4 Å². The Hall–Kier alpha value is -4.17. The van der Waals surface area contributed by atoms with Crippen LogP contribution in [0.15, 0.2) is 115 Å². The zero-order chi connectivity index (χ0) is 22.2. The summed E-state index contributed by atoms with van der Waals surface area (Å²) in [6.07, 6.45) is 0. The molecule has 0 aliphatic carbocycles. The number of hydrogen-bond donors (Lipinski definition) is 0. The number of benzene rings is 4. The third-order valence-electron chi connectivity index (χ3n) is 6.39. The van der Waals surface area contributed by atoms with E-state index in [1.807, 2.05) is 12.1 Å². The number of rotatable bonds is 4. The van der Waals surface area contributed by atoms with E-state index >= 15 is 0 Å². The molecule has 0 fully saturated rings. The quantitative estimate of drug-likeness (QED) is 0.279. The summed E-state index contributed by atoms with van der Waals surface area (Å²) in [5, 5.41) is 2.60. The first-order valence-corrected chi connectivity index (χ1v) is 11.5. The summed E-state index contributed by atoms with van der Waals surface area (Å²) >= 11 is 0. The van der Waals surface area contributed by atoms with Crippen molar-refractivity contribution in [2.24, 2.45) is 0 Å². The molecule has 0 radical (unpaired) electrons. The van der Waals surface area contributed by atoms with E-state index < -0.39 is 0 Å². The van der Waals surface area contributed by atoms with Crippen LogP contribution in [0.3, 0.4) is 0 Å². The number of fused-ring (bicyclic) bond motifs is 3. The van der Waals surface area contributed by atoms with E-state index in [9.17, 15) is 0 Å². The Balaban J connectivity index is 1.59. The zero-order valence-corrected chi connectivity index (χ0v) is 18.6. The molecule has 0 unspecified atom stereocenters. The molecule has 6 aromatic rings. The molecule has 2 heteroatoms. The Morgan fingerprint density at radius 1 is 0.515 bits per heavy atom. The van der Waals surface area contributed by atoms with Gasteiger partial charge in [0.15, 0.2) is 0 Å². The standard InChI is InChI=1S/C31H24N2/c1-2-33-30-16-10-9-15-26(30)27-19-24(17-18-31(27)33)25-20-28(22-11-5-3-6-12-22)32-29(21-25)23-13-7-4-8-14-23/h3-21H,2H2,1H3. The fourth-order valence-electron chi connectivity index (χ4n) is 4.78. The fraction of sp³-hybridized carbons (Fsp3) is 0.0645. The van der Waals surface area contributed by atoms with Gasteiger partial charge in [0.1, 0.15) is 0 Å². The first-order valence-electron chi connectivity index (χ1n) is 11.5. The fourth-order valence-corrected chi connectivity index (χ4v) is 4.78. The first-order chi connectivity index (χ1) is 16.3. The summed E-state index contributed by atoms with van der Waals surface area (Å²) in [5.74, 6) is 0. The van der Waals surface area contributed by atoms with Crippen molar-refractivity contribution in [3.8, 4) is 33.6 Å². The summed E-state index contributed by atoms with van der Waals surface area (Å²) in [4.78, 5) is 5.02. The zero-order valence-electron chi connectivity index (χ0n) is 18.6. The normalized spacial score (nSPS) is 11.3. The van der Waals surface area contributed by atoms with E-state index in [2.05, 4.69) is 115 Å². The molecule has 2 nitrogen and oxygen atoms in total. The molecule has 33 heavy (non-hydrogen) atoms. The maximum absolute atomic E-state index is 5.02. The van der Waals surface area contributed by atoms with Gasteiger partial charge in [-0.15, -0.1) is 0 Å². The smallest absolute Gasteiger partial charge is 0.0715 e. The number of para-hydroxylation sites is 1. The minimum absolute atomic E-state index is 0.953. The number of pyridine rings is 1. The minimum Gasteiger partial charge on any atom is -0.341 e. The molecule has 0 bridgehead atoms. The monoisotopic (exact) mass is 424 g/mol. The molecule has 0 atom stereocenters. The molecule has 158 valence electrons. The second kappa shape index (κ2) is 8.07. The van der Waals surface area contributed by atoms with E-state index in [1.165, 1.54) is 32.9 Å². The summed E-state index contributed by atoms with van der Waals surface area (Å²) in [6, 6.07) is 40.8. The summed E-state index contributed by atoms with van der Waals surface area (Å²) in [5.41, 5.74) is 9.18. The topological polar surface area (TPSA) is 17.8 Å². The average Bonchev–Trinajstić information content (AvgIpc) is 3.22. The van der Waals surface area contributed by atoms with E-state index in [1.54, 1.807) is 0 Å². The maximum atomic E-state index is 5.02. The highest BCUT2D eigenvalue weighted by Gasteiger charge is 2.13. The van der Waals surface area contributed by atoms with Crippen molar-refractivity contribution in [1.29, 1.82) is 0 Å². The lowest BCUT2D eigenvalue weighted by molar-refractivity contribution is 0.827. The Labute approximate surface area is 193 Å². The van der Waals surface area contributed by atoms with Crippen LogP contribution in [0.5, 0.6) is 0 Å². The van der Waals surface area contributed by atoms with Gasteiger partial charge in [-0.25, -0.2) is 4.98 Å². The molecular weight excluding hydrogens is 400 g/mol. The summed E-state index contributed by atoms with van der Waals surface area (Å²) in [7, 11) is 0. The van der Waals surface area contributed by atoms with Gasteiger partial charge in [0.2, 0.25) is 0 Å². The molecule has 0 aliphatic heterocycles. The molecule has 6 rings (SSSR count). The van der Waals surface area contributed by atoms with Crippen LogP contribution >= 0.6 is 0 Å².